The van der Waals surface area contributed by atoms with E-state index in [1.54, 1.807) is 11.3 Å². The van der Waals surface area contributed by atoms with Gasteiger partial charge in [0, 0.05) is 22.4 Å². The minimum Gasteiger partial charge on any atom is -0.375 e. The summed E-state index contributed by atoms with van der Waals surface area (Å²) in [7, 11) is 0. The largest absolute Gasteiger partial charge is 0.375 e. The predicted molar refractivity (Wildman–Crippen MR) is 84.2 cm³/mol. The van der Waals surface area contributed by atoms with E-state index < -0.39 is 4.92 Å². The standard InChI is InChI=1S/C13H12Cl2N2O2S/c1-7-3-9(20-8(7)2)6-16-12-4-10(14)11(15)5-13(12)17(18)19/h3-5,16H,6H2,1-2H3. The van der Waals surface area contributed by atoms with Crippen molar-refractivity contribution in [2.24, 2.45) is 0 Å². The summed E-state index contributed by atoms with van der Waals surface area (Å²) in [5.74, 6) is 0. The second-order valence-electron chi connectivity index (χ2n) is 4.35. The van der Waals surface area contributed by atoms with Crippen LogP contribution in [0.1, 0.15) is 15.3 Å². The molecule has 1 aromatic carbocycles. The number of nitrogens with zero attached hydrogens (tertiary/aromatic N) is 1. The SMILES string of the molecule is Cc1cc(CNc2cc(Cl)c(Cl)cc2[N+](=O)[O-])sc1C. The van der Waals surface area contributed by atoms with Crippen molar-refractivity contribution in [2.75, 3.05) is 5.32 Å². The first-order valence-electron chi connectivity index (χ1n) is 5.81. The average molecular weight is 331 g/mol. The predicted octanol–water partition coefficient (Wildman–Crippen LogP) is 5.19. The number of nitro benzene ring substituents is 1. The van der Waals surface area contributed by atoms with E-state index in [9.17, 15) is 10.1 Å². The smallest absolute Gasteiger partial charge is 0.293 e. The summed E-state index contributed by atoms with van der Waals surface area (Å²) in [6.07, 6.45) is 0. The molecule has 0 aliphatic rings. The van der Waals surface area contributed by atoms with Crippen molar-refractivity contribution in [1.82, 2.24) is 0 Å². The molecule has 0 aliphatic heterocycles. The van der Waals surface area contributed by atoms with Gasteiger partial charge >= 0.3 is 0 Å². The highest BCUT2D eigenvalue weighted by Gasteiger charge is 2.17. The van der Waals surface area contributed by atoms with Gasteiger partial charge in [-0.1, -0.05) is 23.2 Å². The van der Waals surface area contributed by atoms with Crippen LogP contribution in [-0.2, 0) is 6.54 Å². The maximum absolute atomic E-state index is 11.0. The van der Waals surface area contributed by atoms with Gasteiger partial charge in [-0.2, -0.15) is 0 Å². The van der Waals surface area contributed by atoms with E-state index >= 15 is 0 Å². The lowest BCUT2D eigenvalue weighted by atomic mass is 10.2. The highest BCUT2D eigenvalue weighted by Crippen LogP contribution is 2.34. The van der Waals surface area contributed by atoms with E-state index in [-0.39, 0.29) is 10.7 Å². The molecule has 106 valence electrons. The number of anilines is 1. The van der Waals surface area contributed by atoms with Crippen LogP contribution >= 0.6 is 34.5 Å². The third kappa shape index (κ3) is 3.23. The van der Waals surface area contributed by atoms with Gasteiger partial charge in [0.1, 0.15) is 5.69 Å². The van der Waals surface area contributed by atoms with Gasteiger partial charge in [-0.15, -0.1) is 11.3 Å². The van der Waals surface area contributed by atoms with Crippen molar-refractivity contribution in [3.05, 3.63) is 53.7 Å². The van der Waals surface area contributed by atoms with E-state index in [0.717, 1.165) is 4.88 Å². The Hall–Kier alpha value is -1.30. The number of thiophene rings is 1. The van der Waals surface area contributed by atoms with Gasteiger partial charge in [-0.25, -0.2) is 0 Å². The fourth-order valence-corrected chi connectivity index (χ4v) is 3.06. The first kappa shape index (κ1) is 15.1. The van der Waals surface area contributed by atoms with Crippen LogP contribution in [-0.4, -0.2) is 4.92 Å². The van der Waals surface area contributed by atoms with Crippen LogP contribution in [0.15, 0.2) is 18.2 Å². The Bertz CT molecular complexity index is 651. The number of benzene rings is 1. The second-order valence-corrected chi connectivity index (χ2v) is 6.50. The summed E-state index contributed by atoms with van der Waals surface area (Å²) in [6, 6.07) is 4.81. The molecule has 20 heavy (non-hydrogen) atoms. The van der Waals surface area contributed by atoms with Gasteiger partial charge in [0.2, 0.25) is 0 Å². The number of aryl methyl sites for hydroxylation is 2. The molecule has 2 aromatic rings. The monoisotopic (exact) mass is 330 g/mol. The number of halogens is 2. The lowest BCUT2D eigenvalue weighted by Gasteiger charge is -2.07. The average Bonchev–Trinajstić information content (AvgIpc) is 2.69. The van der Waals surface area contributed by atoms with Gasteiger partial charge < -0.3 is 5.32 Å². The normalized spacial score (nSPS) is 10.6. The Balaban J connectivity index is 2.24. The van der Waals surface area contributed by atoms with Crippen molar-refractivity contribution in [1.29, 1.82) is 0 Å². The zero-order valence-corrected chi connectivity index (χ0v) is 13.2. The van der Waals surface area contributed by atoms with Gasteiger partial charge in [0.05, 0.1) is 15.0 Å². The Kier molecular flexibility index (Phi) is 4.52. The first-order chi connectivity index (χ1) is 9.38. The highest BCUT2D eigenvalue weighted by atomic mass is 35.5. The van der Waals surface area contributed by atoms with E-state index in [0.29, 0.717) is 17.3 Å². The molecule has 0 amide bonds. The number of nitrogens with one attached hydrogen (secondary N) is 1. The van der Waals surface area contributed by atoms with Crippen LogP contribution in [0.25, 0.3) is 0 Å². The minimum atomic E-state index is -0.477. The van der Waals surface area contributed by atoms with Crippen LogP contribution < -0.4 is 5.32 Å². The summed E-state index contributed by atoms with van der Waals surface area (Å²) >= 11 is 13.4. The molecule has 0 unspecified atom stereocenters. The molecule has 1 heterocycles. The van der Waals surface area contributed by atoms with E-state index in [1.165, 1.54) is 22.6 Å². The molecule has 0 fully saturated rings. The van der Waals surface area contributed by atoms with Crippen LogP contribution in [0.4, 0.5) is 11.4 Å². The Morgan fingerprint density at radius 2 is 1.90 bits per heavy atom. The van der Waals surface area contributed by atoms with Crippen LogP contribution in [0, 0.1) is 24.0 Å². The topological polar surface area (TPSA) is 55.2 Å². The van der Waals surface area contributed by atoms with Gasteiger partial charge in [-0.05, 0) is 31.5 Å². The van der Waals surface area contributed by atoms with Crippen molar-refractivity contribution in [3.63, 3.8) is 0 Å². The molecular formula is C13H12Cl2N2O2S. The maximum Gasteiger partial charge on any atom is 0.293 e. The minimum absolute atomic E-state index is 0.0793. The highest BCUT2D eigenvalue weighted by molar-refractivity contribution is 7.12. The van der Waals surface area contributed by atoms with Gasteiger partial charge in [0.25, 0.3) is 5.69 Å². The van der Waals surface area contributed by atoms with E-state index in [4.69, 9.17) is 23.2 Å². The summed E-state index contributed by atoms with van der Waals surface area (Å²) in [4.78, 5) is 12.9. The fourth-order valence-electron chi connectivity index (χ4n) is 1.75. The van der Waals surface area contributed by atoms with Crippen molar-refractivity contribution in [2.45, 2.75) is 20.4 Å². The third-order valence-electron chi connectivity index (χ3n) is 2.91. The van der Waals surface area contributed by atoms with Crippen LogP contribution in [0.5, 0.6) is 0 Å². The summed E-state index contributed by atoms with van der Waals surface area (Å²) in [5.41, 5.74) is 1.51. The van der Waals surface area contributed by atoms with E-state index in [1.807, 2.05) is 13.8 Å². The first-order valence-corrected chi connectivity index (χ1v) is 7.39. The molecule has 0 aliphatic carbocycles. The number of nitro groups is 1. The summed E-state index contributed by atoms with van der Waals surface area (Å²) < 4.78 is 0. The molecule has 0 saturated carbocycles. The number of hydrogen-bond donors (Lipinski definition) is 1. The lowest BCUT2D eigenvalue weighted by Crippen LogP contribution is -2.01. The molecule has 1 N–H and O–H groups in total. The van der Waals surface area contributed by atoms with Crippen molar-refractivity contribution >= 4 is 45.9 Å². The summed E-state index contributed by atoms with van der Waals surface area (Å²) in [5, 5.41) is 14.5. The zero-order chi connectivity index (χ0) is 14.9. The second kappa shape index (κ2) is 5.99. The maximum atomic E-state index is 11.0. The van der Waals surface area contributed by atoms with Crippen LogP contribution in [0.2, 0.25) is 10.0 Å². The molecule has 0 atom stereocenters. The quantitative estimate of drug-likeness (QED) is 0.619. The molecule has 1 aromatic heterocycles. The molecule has 4 nitrogen and oxygen atoms in total. The fraction of sp³-hybridized carbons (Fsp3) is 0.231. The van der Waals surface area contributed by atoms with Gasteiger partial charge in [0.15, 0.2) is 0 Å². The molecule has 0 radical (unpaired) electrons. The molecule has 2 rings (SSSR count). The lowest BCUT2D eigenvalue weighted by molar-refractivity contribution is -0.383. The van der Waals surface area contributed by atoms with Gasteiger partial charge in [-0.3, -0.25) is 10.1 Å². The molecular weight excluding hydrogens is 319 g/mol. The van der Waals surface area contributed by atoms with Crippen LogP contribution in [0.3, 0.4) is 0 Å². The number of rotatable bonds is 4. The Morgan fingerprint density at radius 3 is 2.45 bits per heavy atom. The molecule has 7 heteroatoms. The molecule has 0 spiro atoms. The Morgan fingerprint density at radius 1 is 1.25 bits per heavy atom. The summed E-state index contributed by atoms with van der Waals surface area (Å²) in [6.45, 7) is 4.60. The van der Waals surface area contributed by atoms with Crippen molar-refractivity contribution in [3.8, 4) is 0 Å². The van der Waals surface area contributed by atoms with E-state index in [2.05, 4.69) is 11.4 Å². The molecule has 0 saturated heterocycles. The Labute approximate surface area is 130 Å². The molecule has 0 bridgehead atoms. The van der Waals surface area contributed by atoms with Crippen molar-refractivity contribution < 1.29 is 4.92 Å². The third-order valence-corrected chi connectivity index (χ3v) is 4.78. The zero-order valence-electron chi connectivity index (χ0n) is 10.9. The number of hydrogen-bond acceptors (Lipinski definition) is 4.